The van der Waals surface area contributed by atoms with Gasteiger partial charge in [-0.3, -0.25) is 9.59 Å². The fourth-order valence-electron chi connectivity index (χ4n) is 3.38. The maximum absolute atomic E-state index is 12.9. The number of anilines is 1. The standard InChI is InChI=1S/C22H23N3O2/c1-15-14-20(21(26)18-10-6-4-7-11-18)16(2)24(15)17(3)22(27)25(23)19-12-8-5-9-13-19/h4-14,17H,23H2,1-3H3. The van der Waals surface area contributed by atoms with Crippen LogP contribution in [0.15, 0.2) is 66.7 Å². The molecular weight excluding hydrogens is 338 g/mol. The fourth-order valence-corrected chi connectivity index (χ4v) is 3.38. The van der Waals surface area contributed by atoms with Crippen LogP contribution in [0.1, 0.15) is 40.3 Å². The van der Waals surface area contributed by atoms with Gasteiger partial charge in [0, 0.05) is 22.5 Å². The smallest absolute Gasteiger partial charge is 0.263 e. The number of aromatic nitrogens is 1. The Morgan fingerprint density at radius 1 is 0.963 bits per heavy atom. The normalized spacial score (nSPS) is 11.9. The van der Waals surface area contributed by atoms with Gasteiger partial charge in [0.2, 0.25) is 0 Å². The number of hydrogen-bond donors (Lipinski definition) is 1. The molecule has 1 aromatic heterocycles. The van der Waals surface area contributed by atoms with E-state index < -0.39 is 6.04 Å². The minimum Gasteiger partial charge on any atom is -0.336 e. The van der Waals surface area contributed by atoms with Gasteiger partial charge in [-0.05, 0) is 39.0 Å². The molecule has 0 saturated carbocycles. The highest BCUT2D eigenvalue weighted by atomic mass is 16.2. The van der Waals surface area contributed by atoms with Crippen molar-refractivity contribution in [1.29, 1.82) is 0 Å². The minimum atomic E-state index is -0.535. The monoisotopic (exact) mass is 361 g/mol. The first-order chi connectivity index (χ1) is 12.9. The fraction of sp³-hybridized carbons (Fsp3) is 0.182. The molecule has 1 atom stereocenters. The van der Waals surface area contributed by atoms with Crippen molar-refractivity contribution < 1.29 is 9.59 Å². The lowest BCUT2D eigenvalue weighted by atomic mass is 10.0. The van der Waals surface area contributed by atoms with Gasteiger partial charge in [0.1, 0.15) is 6.04 Å². The molecule has 0 saturated heterocycles. The summed E-state index contributed by atoms with van der Waals surface area (Å²) in [5.41, 5.74) is 3.44. The zero-order chi connectivity index (χ0) is 19.6. The van der Waals surface area contributed by atoms with Crippen LogP contribution in [0.4, 0.5) is 5.69 Å². The third-order valence-corrected chi connectivity index (χ3v) is 4.78. The van der Waals surface area contributed by atoms with Crippen LogP contribution in [0.25, 0.3) is 0 Å². The van der Waals surface area contributed by atoms with Crippen LogP contribution in [-0.2, 0) is 4.79 Å². The highest BCUT2D eigenvalue weighted by Gasteiger charge is 2.26. The average Bonchev–Trinajstić information content (AvgIpc) is 3.01. The molecule has 5 heteroatoms. The SMILES string of the molecule is Cc1cc(C(=O)c2ccccc2)c(C)n1C(C)C(=O)N(N)c1ccccc1. The van der Waals surface area contributed by atoms with E-state index in [1.54, 1.807) is 31.2 Å². The van der Waals surface area contributed by atoms with E-state index >= 15 is 0 Å². The summed E-state index contributed by atoms with van der Waals surface area (Å²) in [5, 5.41) is 1.15. The number of ketones is 1. The van der Waals surface area contributed by atoms with E-state index in [2.05, 4.69) is 0 Å². The number of aryl methyl sites for hydroxylation is 1. The molecule has 0 fully saturated rings. The van der Waals surface area contributed by atoms with Crippen molar-refractivity contribution in [2.45, 2.75) is 26.8 Å². The second kappa shape index (κ2) is 7.60. The van der Waals surface area contributed by atoms with Gasteiger partial charge in [0.15, 0.2) is 5.78 Å². The molecule has 0 aliphatic carbocycles. The lowest BCUT2D eigenvalue weighted by Gasteiger charge is -2.24. The predicted octanol–water partition coefficient (Wildman–Crippen LogP) is 3.80. The molecule has 2 N–H and O–H groups in total. The number of carbonyl (C=O) groups is 2. The average molecular weight is 361 g/mol. The van der Waals surface area contributed by atoms with Crippen LogP contribution >= 0.6 is 0 Å². The largest absolute Gasteiger partial charge is 0.336 e. The Morgan fingerprint density at radius 3 is 2.11 bits per heavy atom. The number of hydrogen-bond acceptors (Lipinski definition) is 3. The molecule has 0 aliphatic heterocycles. The number of benzene rings is 2. The summed E-state index contributed by atoms with van der Waals surface area (Å²) in [7, 11) is 0. The Hall–Kier alpha value is -3.18. The Kier molecular flexibility index (Phi) is 5.23. The zero-order valence-electron chi connectivity index (χ0n) is 15.7. The first kappa shape index (κ1) is 18.6. The van der Waals surface area contributed by atoms with E-state index in [1.807, 2.05) is 60.9 Å². The van der Waals surface area contributed by atoms with Crippen molar-refractivity contribution >= 4 is 17.4 Å². The van der Waals surface area contributed by atoms with Gasteiger partial charge in [-0.1, -0.05) is 48.5 Å². The molecule has 0 spiro atoms. The van der Waals surface area contributed by atoms with Gasteiger partial charge >= 0.3 is 0 Å². The number of para-hydroxylation sites is 1. The lowest BCUT2D eigenvalue weighted by Crippen LogP contribution is -2.42. The number of hydrazine groups is 1. The van der Waals surface area contributed by atoms with Crippen LogP contribution < -0.4 is 10.9 Å². The Labute approximate surface area is 159 Å². The number of nitrogens with two attached hydrogens (primary N) is 1. The molecule has 3 aromatic rings. The van der Waals surface area contributed by atoms with Gasteiger partial charge in [0.25, 0.3) is 5.91 Å². The topological polar surface area (TPSA) is 68.3 Å². The van der Waals surface area contributed by atoms with Crippen molar-refractivity contribution in [3.05, 3.63) is 89.2 Å². The second-order valence-corrected chi connectivity index (χ2v) is 6.57. The Balaban J connectivity index is 1.92. The van der Waals surface area contributed by atoms with Crippen molar-refractivity contribution in [2.75, 3.05) is 5.01 Å². The Bertz CT molecular complexity index is 962. The number of rotatable bonds is 5. The first-order valence-electron chi connectivity index (χ1n) is 8.83. The second-order valence-electron chi connectivity index (χ2n) is 6.57. The van der Waals surface area contributed by atoms with Gasteiger partial charge in [-0.25, -0.2) is 10.9 Å². The molecular formula is C22H23N3O2. The van der Waals surface area contributed by atoms with E-state index in [9.17, 15) is 9.59 Å². The number of amides is 1. The highest BCUT2D eigenvalue weighted by Crippen LogP contribution is 2.25. The van der Waals surface area contributed by atoms with Crippen molar-refractivity contribution in [3.8, 4) is 0 Å². The maximum atomic E-state index is 12.9. The third-order valence-electron chi connectivity index (χ3n) is 4.78. The van der Waals surface area contributed by atoms with Crippen LogP contribution in [0.3, 0.4) is 0 Å². The molecule has 1 amide bonds. The maximum Gasteiger partial charge on any atom is 0.263 e. The molecule has 0 bridgehead atoms. The van der Waals surface area contributed by atoms with Gasteiger partial charge in [0.05, 0.1) is 5.69 Å². The summed E-state index contributed by atoms with van der Waals surface area (Å²) in [5.74, 6) is 5.74. The molecule has 3 rings (SSSR count). The molecule has 0 aliphatic rings. The van der Waals surface area contributed by atoms with E-state index in [0.717, 1.165) is 16.4 Å². The van der Waals surface area contributed by atoms with Crippen LogP contribution in [0.2, 0.25) is 0 Å². The van der Waals surface area contributed by atoms with E-state index in [0.29, 0.717) is 16.8 Å². The summed E-state index contributed by atoms with van der Waals surface area (Å²) in [6, 6.07) is 19.5. The summed E-state index contributed by atoms with van der Waals surface area (Å²) < 4.78 is 1.86. The van der Waals surface area contributed by atoms with Crippen LogP contribution in [0, 0.1) is 13.8 Å². The van der Waals surface area contributed by atoms with Crippen LogP contribution in [0.5, 0.6) is 0 Å². The van der Waals surface area contributed by atoms with Crippen molar-refractivity contribution in [3.63, 3.8) is 0 Å². The molecule has 1 heterocycles. The van der Waals surface area contributed by atoms with Crippen molar-refractivity contribution in [1.82, 2.24) is 4.57 Å². The molecule has 27 heavy (non-hydrogen) atoms. The number of carbonyl (C=O) groups excluding carboxylic acids is 2. The molecule has 1 unspecified atom stereocenters. The third kappa shape index (κ3) is 3.55. The molecule has 0 radical (unpaired) electrons. The lowest BCUT2D eigenvalue weighted by molar-refractivity contribution is -0.121. The number of nitrogens with zero attached hydrogens (tertiary/aromatic N) is 2. The summed E-state index contributed by atoms with van der Waals surface area (Å²) in [6.45, 7) is 5.54. The predicted molar refractivity (Wildman–Crippen MR) is 107 cm³/mol. The minimum absolute atomic E-state index is 0.0535. The van der Waals surface area contributed by atoms with E-state index in [4.69, 9.17) is 5.84 Å². The van der Waals surface area contributed by atoms with Gasteiger partial charge in [-0.2, -0.15) is 0 Å². The van der Waals surface area contributed by atoms with Crippen molar-refractivity contribution in [2.24, 2.45) is 5.84 Å². The molecule has 2 aromatic carbocycles. The Morgan fingerprint density at radius 2 is 1.52 bits per heavy atom. The van der Waals surface area contributed by atoms with Gasteiger partial charge < -0.3 is 4.57 Å². The highest BCUT2D eigenvalue weighted by molar-refractivity contribution is 6.10. The summed E-state index contributed by atoms with van der Waals surface area (Å²) in [4.78, 5) is 25.7. The summed E-state index contributed by atoms with van der Waals surface area (Å²) >= 11 is 0. The quantitative estimate of drug-likeness (QED) is 0.325. The molecule has 5 nitrogen and oxygen atoms in total. The first-order valence-corrected chi connectivity index (χ1v) is 8.83. The summed E-state index contributed by atoms with van der Waals surface area (Å²) in [6.07, 6.45) is 0. The van der Waals surface area contributed by atoms with Gasteiger partial charge in [-0.15, -0.1) is 0 Å². The molecule has 138 valence electrons. The van der Waals surface area contributed by atoms with E-state index in [1.165, 1.54) is 0 Å². The zero-order valence-corrected chi connectivity index (χ0v) is 15.7. The van der Waals surface area contributed by atoms with Crippen LogP contribution in [-0.4, -0.2) is 16.3 Å². The van der Waals surface area contributed by atoms with E-state index in [-0.39, 0.29) is 11.7 Å².